The Balaban J connectivity index is 1.47. The molecule has 0 saturated heterocycles. The summed E-state index contributed by atoms with van der Waals surface area (Å²) in [5, 5.41) is 3.07. The van der Waals surface area contributed by atoms with Crippen LogP contribution in [0, 0.1) is 0 Å². The minimum absolute atomic E-state index is 0.0939. The summed E-state index contributed by atoms with van der Waals surface area (Å²) in [4.78, 5) is 39.0. The molecule has 0 unspecified atom stereocenters. The quantitative estimate of drug-likeness (QED) is 0.217. The third-order valence-electron chi connectivity index (χ3n) is 5.31. The summed E-state index contributed by atoms with van der Waals surface area (Å²) in [5.41, 5.74) is 1.98. The van der Waals surface area contributed by atoms with Gasteiger partial charge in [-0.3, -0.25) is 9.59 Å². The minimum Gasteiger partial charge on any atom is -0.423 e. The third kappa shape index (κ3) is 5.20. The number of ether oxygens (including phenoxy) is 1. The minimum atomic E-state index is -0.693. The Morgan fingerprint density at radius 3 is 2.26 bits per heavy atom. The van der Waals surface area contributed by atoms with Crippen molar-refractivity contribution >= 4 is 64.0 Å². The highest BCUT2D eigenvalue weighted by molar-refractivity contribution is 6.53. The van der Waals surface area contributed by atoms with Gasteiger partial charge in [0.05, 0.1) is 21.3 Å². The molecular formula is C26H19Cl3N2O4. The maximum atomic E-state index is 12.9. The molecule has 1 aliphatic heterocycles. The number of hydrogen-bond acceptors (Lipinski definition) is 5. The van der Waals surface area contributed by atoms with Gasteiger partial charge in [0.25, 0.3) is 11.8 Å². The second kappa shape index (κ2) is 10.1. The molecule has 0 bridgehead atoms. The van der Waals surface area contributed by atoms with Crippen LogP contribution in [-0.2, 0) is 9.59 Å². The van der Waals surface area contributed by atoms with Crippen molar-refractivity contribution in [1.29, 1.82) is 0 Å². The summed E-state index contributed by atoms with van der Waals surface area (Å²) in [6.07, 6.45) is 0. The summed E-state index contributed by atoms with van der Waals surface area (Å²) in [6.45, 7) is 4.11. The summed E-state index contributed by atoms with van der Waals surface area (Å²) < 4.78 is 5.48. The second-order valence-electron chi connectivity index (χ2n) is 8.05. The van der Waals surface area contributed by atoms with Gasteiger partial charge < -0.3 is 10.1 Å². The van der Waals surface area contributed by atoms with E-state index in [1.54, 1.807) is 30.3 Å². The number of esters is 1. The number of rotatable bonds is 6. The van der Waals surface area contributed by atoms with Gasteiger partial charge in [0.15, 0.2) is 0 Å². The predicted octanol–water partition coefficient (Wildman–Crippen LogP) is 6.77. The smallest absolute Gasteiger partial charge is 0.343 e. The van der Waals surface area contributed by atoms with Gasteiger partial charge in [-0.1, -0.05) is 60.8 Å². The molecule has 0 fully saturated rings. The number of anilines is 2. The van der Waals surface area contributed by atoms with Crippen LogP contribution < -0.4 is 15.0 Å². The Kier molecular flexibility index (Phi) is 7.17. The lowest BCUT2D eigenvalue weighted by molar-refractivity contribution is -0.120. The van der Waals surface area contributed by atoms with Crippen molar-refractivity contribution in [1.82, 2.24) is 0 Å². The first kappa shape index (κ1) is 24.8. The number of carbonyl (C=O) groups is 3. The van der Waals surface area contributed by atoms with Crippen LogP contribution in [0.15, 0.2) is 77.5 Å². The molecule has 3 aromatic rings. The van der Waals surface area contributed by atoms with Crippen LogP contribution in [-0.4, -0.2) is 17.8 Å². The van der Waals surface area contributed by atoms with Crippen molar-refractivity contribution in [2.75, 3.05) is 10.2 Å². The van der Waals surface area contributed by atoms with E-state index in [1.165, 1.54) is 18.2 Å². The number of carbonyl (C=O) groups excluding carboxylic acids is 3. The fourth-order valence-corrected chi connectivity index (χ4v) is 3.91. The number of nitrogens with zero attached hydrogens (tertiary/aromatic N) is 1. The average Bonchev–Trinajstić information content (AvgIpc) is 3.04. The Labute approximate surface area is 217 Å². The molecule has 0 radical (unpaired) electrons. The van der Waals surface area contributed by atoms with E-state index in [0.717, 1.165) is 10.5 Å². The summed E-state index contributed by atoms with van der Waals surface area (Å²) in [7, 11) is 0. The molecule has 0 spiro atoms. The Morgan fingerprint density at radius 1 is 0.886 bits per heavy atom. The zero-order valence-corrected chi connectivity index (χ0v) is 20.9. The van der Waals surface area contributed by atoms with E-state index in [-0.39, 0.29) is 26.5 Å². The molecule has 1 aliphatic rings. The van der Waals surface area contributed by atoms with E-state index >= 15 is 0 Å². The van der Waals surface area contributed by atoms with Crippen LogP contribution in [0.4, 0.5) is 11.4 Å². The van der Waals surface area contributed by atoms with Gasteiger partial charge in [0, 0.05) is 5.69 Å². The first-order chi connectivity index (χ1) is 16.7. The fraction of sp³-hybridized carbons (Fsp3) is 0.115. The van der Waals surface area contributed by atoms with Crippen LogP contribution >= 0.6 is 34.8 Å². The SMILES string of the molecule is CC(C)c1cccc(OC(=O)c2ccc(NC3=C(Cl)C(=O)N(c4ccc(Cl)c(Cl)c4)C3=O)cc2)c1. The maximum Gasteiger partial charge on any atom is 0.343 e. The Bertz CT molecular complexity index is 1370. The molecular weight excluding hydrogens is 511 g/mol. The predicted molar refractivity (Wildman–Crippen MR) is 137 cm³/mol. The molecule has 0 saturated carbocycles. The summed E-state index contributed by atoms with van der Waals surface area (Å²) >= 11 is 18.1. The van der Waals surface area contributed by atoms with Gasteiger partial charge in [0.2, 0.25) is 0 Å². The van der Waals surface area contributed by atoms with Crippen molar-refractivity contribution < 1.29 is 19.1 Å². The average molecular weight is 530 g/mol. The van der Waals surface area contributed by atoms with E-state index in [2.05, 4.69) is 19.2 Å². The van der Waals surface area contributed by atoms with Crippen molar-refractivity contribution in [3.8, 4) is 5.75 Å². The van der Waals surface area contributed by atoms with Gasteiger partial charge in [-0.25, -0.2) is 9.69 Å². The molecule has 1 N–H and O–H groups in total. The normalized spacial score (nSPS) is 13.6. The van der Waals surface area contributed by atoms with Gasteiger partial charge in [-0.15, -0.1) is 0 Å². The van der Waals surface area contributed by atoms with E-state index in [0.29, 0.717) is 22.9 Å². The standard InChI is InChI=1S/C26H19Cl3N2O4/c1-14(2)16-4-3-5-19(12-16)35-26(34)15-6-8-17(9-7-15)30-23-22(29)24(32)31(25(23)33)18-10-11-20(27)21(28)13-18/h3-14,30H,1-2H3. The molecule has 0 aromatic heterocycles. The maximum absolute atomic E-state index is 12.9. The number of halogens is 3. The molecule has 4 rings (SSSR count). The topological polar surface area (TPSA) is 75.7 Å². The van der Waals surface area contributed by atoms with Gasteiger partial charge >= 0.3 is 5.97 Å². The monoisotopic (exact) mass is 528 g/mol. The van der Waals surface area contributed by atoms with Crippen LogP contribution in [0.1, 0.15) is 35.7 Å². The Hall–Kier alpha value is -3.32. The van der Waals surface area contributed by atoms with Crippen molar-refractivity contribution in [3.63, 3.8) is 0 Å². The molecule has 35 heavy (non-hydrogen) atoms. The first-order valence-corrected chi connectivity index (χ1v) is 11.7. The lowest BCUT2D eigenvalue weighted by Crippen LogP contribution is -2.32. The van der Waals surface area contributed by atoms with Gasteiger partial charge in [-0.2, -0.15) is 0 Å². The molecule has 6 nitrogen and oxygen atoms in total. The highest BCUT2D eigenvalue weighted by Crippen LogP contribution is 2.33. The van der Waals surface area contributed by atoms with Crippen LogP contribution in [0.2, 0.25) is 10.0 Å². The van der Waals surface area contributed by atoms with Gasteiger partial charge in [0.1, 0.15) is 16.5 Å². The molecule has 2 amide bonds. The third-order valence-corrected chi connectivity index (χ3v) is 6.40. The van der Waals surface area contributed by atoms with E-state index < -0.39 is 17.8 Å². The number of amides is 2. The van der Waals surface area contributed by atoms with Crippen molar-refractivity contribution in [2.24, 2.45) is 0 Å². The molecule has 3 aromatic carbocycles. The Morgan fingerprint density at radius 2 is 1.60 bits per heavy atom. The number of benzene rings is 3. The number of hydrogen-bond donors (Lipinski definition) is 1. The molecule has 9 heteroatoms. The van der Waals surface area contributed by atoms with Crippen LogP contribution in [0.3, 0.4) is 0 Å². The molecule has 0 atom stereocenters. The van der Waals surface area contributed by atoms with E-state index in [4.69, 9.17) is 39.5 Å². The van der Waals surface area contributed by atoms with Crippen molar-refractivity contribution in [2.45, 2.75) is 19.8 Å². The molecule has 178 valence electrons. The lowest BCUT2D eigenvalue weighted by Gasteiger charge is -2.15. The van der Waals surface area contributed by atoms with Crippen molar-refractivity contribution in [3.05, 3.63) is 98.6 Å². The van der Waals surface area contributed by atoms with E-state index in [1.807, 2.05) is 18.2 Å². The fourth-order valence-electron chi connectivity index (χ4n) is 3.41. The van der Waals surface area contributed by atoms with E-state index in [9.17, 15) is 14.4 Å². The second-order valence-corrected chi connectivity index (χ2v) is 9.24. The lowest BCUT2D eigenvalue weighted by atomic mass is 10.0. The highest BCUT2D eigenvalue weighted by atomic mass is 35.5. The first-order valence-electron chi connectivity index (χ1n) is 10.6. The van der Waals surface area contributed by atoms with Gasteiger partial charge in [-0.05, 0) is 66.1 Å². The number of imide groups is 1. The van der Waals surface area contributed by atoms with Crippen LogP contribution in [0.5, 0.6) is 5.75 Å². The highest BCUT2D eigenvalue weighted by Gasteiger charge is 2.39. The molecule has 1 heterocycles. The zero-order chi connectivity index (χ0) is 25.3. The zero-order valence-electron chi connectivity index (χ0n) is 18.6. The summed E-state index contributed by atoms with van der Waals surface area (Å²) in [5.74, 6) is -1.10. The molecule has 0 aliphatic carbocycles. The summed E-state index contributed by atoms with van der Waals surface area (Å²) in [6, 6.07) is 18.0. The van der Waals surface area contributed by atoms with Crippen LogP contribution in [0.25, 0.3) is 0 Å². The number of nitrogens with one attached hydrogen (secondary N) is 1. The largest absolute Gasteiger partial charge is 0.423 e.